The van der Waals surface area contributed by atoms with Crippen LogP contribution in [0.4, 0.5) is 18.0 Å². The predicted molar refractivity (Wildman–Crippen MR) is 62.7 cm³/mol. The molecule has 0 saturated heterocycles. The summed E-state index contributed by atoms with van der Waals surface area (Å²) in [4.78, 5) is 23.0. The van der Waals surface area contributed by atoms with Crippen LogP contribution in [-0.2, 0) is 4.79 Å². The minimum atomic E-state index is -4.48. The van der Waals surface area contributed by atoms with Crippen LogP contribution in [0.1, 0.15) is 27.2 Å². The van der Waals surface area contributed by atoms with Crippen LogP contribution in [0.15, 0.2) is 0 Å². The van der Waals surface area contributed by atoms with E-state index in [0.717, 1.165) is 0 Å². The van der Waals surface area contributed by atoms with E-state index in [-0.39, 0.29) is 6.54 Å². The number of alkyl halides is 3. The average Bonchev–Trinajstić information content (AvgIpc) is 2.25. The van der Waals surface area contributed by atoms with Gasteiger partial charge in [0.25, 0.3) is 0 Å². The van der Waals surface area contributed by atoms with Gasteiger partial charge in [0.05, 0.1) is 5.92 Å². The first-order chi connectivity index (χ1) is 8.58. The monoisotopic (exact) mass is 284 g/mol. The van der Waals surface area contributed by atoms with Crippen molar-refractivity contribution >= 4 is 12.0 Å². The highest BCUT2D eigenvalue weighted by Crippen LogP contribution is 2.17. The van der Waals surface area contributed by atoms with E-state index in [0.29, 0.717) is 11.3 Å². The third-order valence-electron chi connectivity index (χ3n) is 2.64. The fourth-order valence-electron chi connectivity index (χ4n) is 1.36. The van der Waals surface area contributed by atoms with Gasteiger partial charge < -0.3 is 15.3 Å². The molecule has 19 heavy (non-hydrogen) atoms. The zero-order valence-corrected chi connectivity index (χ0v) is 11.1. The van der Waals surface area contributed by atoms with Gasteiger partial charge in [0.2, 0.25) is 0 Å². The van der Waals surface area contributed by atoms with Crippen molar-refractivity contribution in [3.8, 4) is 0 Å². The lowest BCUT2D eigenvalue weighted by Crippen LogP contribution is -2.50. The van der Waals surface area contributed by atoms with E-state index >= 15 is 0 Å². The molecular formula is C11H19F3N2O3. The molecular weight excluding hydrogens is 265 g/mol. The van der Waals surface area contributed by atoms with E-state index in [4.69, 9.17) is 5.11 Å². The van der Waals surface area contributed by atoms with E-state index < -0.39 is 36.7 Å². The van der Waals surface area contributed by atoms with E-state index in [2.05, 4.69) is 5.32 Å². The number of nitrogens with one attached hydrogen (secondary N) is 1. The van der Waals surface area contributed by atoms with E-state index in [9.17, 15) is 22.8 Å². The maximum atomic E-state index is 12.3. The van der Waals surface area contributed by atoms with Gasteiger partial charge in [0.1, 0.15) is 6.54 Å². The topological polar surface area (TPSA) is 69.6 Å². The number of halogens is 3. The van der Waals surface area contributed by atoms with Gasteiger partial charge in [-0.2, -0.15) is 13.2 Å². The van der Waals surface area contributed by atoms with E-state index in [1.165, 1.54) is 13.8 Å². The summed E-state index contributed by atoms with van der Waals surface area (Å²) in [6.07, 6.45) is -4.10. The van der Waals surface area contributed by atoms with Crippen LogP contribution in [0.2, 0.25) is 0 Å². The second-order valence-electron chi connectivity index (χ2n) is 4.40. The highest BCUT2D eigenvalue weighted by atomic mass is 19.4. The van der Waals surface area contributed by atoms with Crippen LogP contribution in [0.25, 0.3) is 0 Å². The molecule has 5 nitrogen and oxygen atoms in total. The number of amides is 2. The second-order valence-corrected chi connectivity index (χ2v) is 4.40. The molecule has 0 spiro atoms. The number of urea groups is 1. The van der Waals surface area contributed by atoms with Crippen LogP contribution in [0.3, 0.4) is 0 Å². The maximum Gasteiger partial charge on any atom is 0.406 e. The molecule has 0 radical (unpaired) electrons. The summed E-state index contributed by atoms with van der Waals surface area (Å²) >= 11 is 0. The van der Waals surface area contributed by atoms with Gasteiger partial charge in [0.15, 0.2) is 0 Å². The first-order valence-corrected chi connectivity index (χ1v) is 5.93. The van der Waals surface area contributed by atoms with Crippen molar-refractivity contribution in [2.75, 3.05) is 13.1 Å². The van der Waals surface area contributed by atoms with E-state index in [1.807, 2.05) is 0 Å². The molecule has 2 unspecified atom stereocenters. The Balaban J connectivity index is 4.60. The molecule has 2 N–H and O–H groups in total. The number of hydrogen-bond donors (Lipinski definition) is 2. The first-order valence-electron chi connectivity index (χ1n) is 5.93. The molecule has 0 aromatic heterocycles. The Morgan fingerprint density at radius 2 is 1.84 bits per heavy atom. The highest BCUT2D eigenvalue weighted by Gasteiger charge is 2.33. The lowest BCUT2D eigenvalue weighted by atomic mass is 10.0. The van der Waals surface area contributed by atoms with Gasteiger partial charge in [-0.1, -0.05) is 6.92 Å². The molecule has 8 heteroatoms. The lowest BCUT2D eigenvalue weighted by molar-refractivity contribution is -0.143. The molecule has 0 aliphatic heterocycles. The predicted octanol–water partition coefficient (Wildman–Crippen LogP) is 2.08. The third kappa shape index (κ3) is 6.88. The number of carboxylic acids is 1. The van der Waals surface area contributed by atoms with Crippen molar-refractivity contribution in [1.29, 1.82) is 0 Å². The van der Waals surface area contributed by atoms with Crippen LogP contribution >= 0.6 is 0 Å². The van der Waals surface area contributed by atoms with Crippen LogP contribution in [0, 0.1) is 5.92 Å². The molecule has 0 bridgehead atoms. The molecule has 0 rings (SSSR count). The normalized spacial score (nSPS) is 14.6. The van der Waals surface area contributed by atoms with Crippen molar-refractivity contribution in [2.45, 2.75) is 39.4 Å². The third-order valence-corrected chi connectivity index (χ3v) is 2.64. The summed E-state index contributed by atoms with van der Waals surface area (Å²) in [5.41, 5.74) is 0. The molecule has 112 valence electrons. The second kappa shape index (κ2) is 7.20. The minimum absolute atomic E-state index is 0.0421. The lowest BCUT2D eigenvalue weighted by Gasteiger charge is -2.26. The summed E-state index contributed by atoms with van der Waals surface area (Å²) < 4.78 is 36.9. The summed E-state index contributed by atoms with van der Waals surface area (Å²) in [7, 11) is 0. The van der Waals surface area contributed by atoms with Gasteiger partial charge in [0, 0.05) is 12.6 Å². The van der Waals surface area contributed by atoms with Gasteiger partial charge in [-0.25, -0.2) is 4.79 Å². The summed E-state index contributed by atoms with van der Waals surface area (Å²) in [6, 6.07) is -1.66. The Morgan fingerprint density at radius 3 is 2.21 bits per heavy atom. The molecule has 2 amide bonds. The van der Waals surface area contributed by atoms with Gasteiger partial charge >= 0.3 is 18.2 Å². The van der Waals surface area contributed by atoms with Crippen molar-refractivity contribution in [1.82, 2.24) is 10.2 Å². The number of carbonyl (C=O) groups is 2. The largest absolute Gasteiger partial charge is 0.481 e. The molecule has 0 fully saturated rings. The Morgan fingerprint density at radius 1 is 1.32 bits per heavy atom. The van der Waals surface area contributed by atoms with Crippen LogP contribution < -0.4 is 5.32 Å². The Labute approximate surface area is 109 Å². The maximum absolute atomic E-state index is 12.3. The number of carbonyl (C=O) groups excluding carboxylic acids is 1. The average molecular weight is 284 g/mol. The molecule has 0 heterocycles. The highest BCUT2D eigenvalue weighted by molar-refractivity contribution is 5.76. The molecule has 0 aromatic rings. The Bertz CT molecular complexity index is 321. The fraction of sp³-hybridized carbons (Fsp3) is 0.818. The van der Waals surface area contributed by atoms with Gasteiger partial charge in [-0.15, -0.1) is 0 Å². The quantitative estimate of drug-likeness (QED) is 0.784. The summed E-state index contributed by atoms with van der Waals surface area (Å²) in [6.45, 7) is 3.08. The van der Waals surface area contributed by atoms with Crippen molar-refractivity contribution < 1.29 is 27.9 Å². The molecule has 0 saturated carbocycles. The zero-order chi connectivity index (χ0) is 15.2. The van der Waals surface area contributed by atoms with Crippen molar-refractivity contribution in [3.63, 3.8) is 0 Å². The van der Waals surface area contributed by atoms with Crippen LogP contribution in [0.5, 0.6) is 0 Å². The Kier molecular flexibility index (Phi) is 6.64. The molecule has 2 atom stereocenters. The van der Waals surface area contributed by atoms with Crippen molar-refractivity contribution in [3.05, 3.63) is 0 Å². The number of carboxylic acid groups (broad SMARTS) is 1. The smallest absolute Gasteiger partial charge is 0.406 e. The number of aliphatic carboxylic acids is 1. The fourth-order valence-corrected chi connectivity index (χ4v) is 1.36. The number of rotatable bonds is 6. The van der Waals surface area contributed by atoms with Crippen LogP contribution in [-0.4, -0.2) is 47.3 Å². The molecule has 0 aromatic carbocycles. The number of nitrogens with zero attached hydrogens (tertiary/aromatic N) is 1. The summed E-state index contributed by atoms with van der Waals surface area (Å²) in [5, 5.41) is 11.0. The molecule has 0 aliphatic rings. The van der Waals surface area contributed by atoms with Crippen molar-refractivity contribution in [2.24, 2.45) is 5.92 Å². The minimum Gasteiger partial charge on any atom is -0.481 e. The van der Waals surface area contributed by atoms with E-state index in [1.54, 1.807) is 6.92 Å². The van der Waals surface area contributed by atoms with Gasteiger partial charge in [-0.3, -0.25) is 4.79 Å². The first kappa shape index (κ1) is 17.5. The molecule has 0 aliphatic carbocycles. The zero-order valence-electron chi connectivity index (χ0n) is 11.1. The Hall–Kier alpha value is -1.47. The summed E-state index contributed by atoms with van der Waals surface area (Å²) in [5.74, 6) is -2.00. The number of hydrogen-bond acceptors (Lipinski definition) is 2. The SMILES string of the molecule is CCCN(CC(F)(F)F)C(=O)NC(C)C(C)C(=O)O. The standard InChI is InChI=1S/C11H19F3N2O3/c1-4-5-16(6-11(12,13)14)10(19)15-8(3)7(2)9(17)18/h7-8H,4-6H2,1-3H3,(H,15,19)(H,17,18). The van der Waals surface area contributed by atoms with Gasteiger partial charge in [-0.05, 0) is 20.3 Å².